The number of hydrogen-bond donors (Lipinski definition) is 0. The maximum Gasteiger partial charge on any atom is 0.233 e. The van der Waals surface area contributed by atoms with Crippen LogP contribution in [0.4, 0.5) is 5.82 Å². The summed E-state index contributed by atoms with van der Waals surface area (Å²) in [6.45, 7) is 5.35. The molecule has 0 unspecified atom stereocenters. The van der Waals surface area contributed by atoms with Gasteiger partial charge >= 0.3 is 0 Å². The van der Waals surface area contributed by atoms with Gasteiger partial charge < -0.3 is 19.3 Å². The Bertz CT molecular complexity index is 711. The van der Waals surface area contributed by atoms with Gasteiger partial charge in [0.2, 0.25) is 11.8 Å². The molecule has 1 aliphatic rings. The Balaban J connectivity index is 1.51. The predicted octanol–water partition coefficient (Wildman–Crippen LogP) is 1.78. The lowest BCUT2D eigenvalue weighted by molar-refractivity contribution is -0.130. The van der Waals surface area contributed by atoms with E-state index in [-0.39, 0.29) is 5.91 Å². The van der Waals surface area contributed by atoms with Gasteiger partial charge in [0.1, 0.15) is 5.75 Å². The molecule has 7 nitrogen and oxygen atoms in total. The zero-order valence-electron chi connectivity index (χ0n) is 15.2. The highest BCUT2D eigenvalue weighted by atomic mass is 16.5. The number of methoxy groups -OCH3 is 1. The van der Waals surface area contributed by atoms with Gasteiger partial charge in [-0.15, -0.1) is 10.2 Å². The molecule has 1 saturated heterocycles. The van der Waals surface area contributed by atoms with Gasteiger partial charge in [0, 0.05) is 32.2 Å². The van der Waals surface area contributed by atoms with Crippen LogP contribution in [0.3, 0.4) is 0 Å². The van der Waals surface area contributed by atoms with E-state index in [1.54, 1.807) is 7.11 Å². The first-order valence-electron chi connectivity index (χ1n) is 8.81. The monoisotopic (exact) mass is 356 g/mol. The lowest BCUT2D eigenvalue weighted by Crippen LogP contribution is -2.49. The Hall–Kier alpha value is -2.83. The minimum Gasteiger partial charge on any atom is -0.497 e. The molecule has 0 atom stereocenters. The van der Waals surface area contributed by atoms with E-state index in [9.17, 15) is 4.79 Å². The van der Waals surface area contributed by atoms with Crippen LogP contribution in [0.25, 0.3) is 0 Å². The third-order valence-electron chi connectivity index (χ3n) is 4.39. The molecule has 0 bridgehead atoms. The van der Waals surface area contributed by atoms with E-state index in [2.05, 4.69) is 15.1 Å². The first kappa shape index (κ1) is 18.0. The zero-order valence-corrected chi connectivity index (χ0v) is 15.2. The molecule has 0 N–H and O–H groups in total. The molecule has 1 aromatic heterocycles. The number of benzene rings is 1. The van der Waals surface area contributed by atoms with Gasteiger partial charge in [0.15, 0.2) is 5.82 Å². The van der Waals surface area contributed by atoms with Crippen molar-refractivity contribution in [3.05, 3.63) is 42.0 Å². The summed E-state index contributed by atoms with van der Waals surface area (Å²) in [4.78, 5) is 16.6. The van der Waals surface area contributed by atoms with Crippen LogP contribution < -0.4 is 14.4 Å². The number of aromatic nitrogens is 2. The number of anilines is 1. The molecule has 0 saturated carbocycles. The molecule has 0 aliphatic carbocycles. The van der Waals surface area contributed by atoms with E-state index in [0.717, 1.165) is 30.2 Å². The fourth-order valence-corrected chi connectivity index (χ4v) is 2.92. The van der Waals surface area contributed by atoms with Gasteiger partial charge in [0.05, 0.1) is 20.1 Å². The van der Waals surface area contributed by atoms with Crippen LogP contribution in [-0.2, 0) is 11.2 Å². The summed E-state index contributed by atoms with van der Waals surface area (Å²) in [5, 5.41) is 8.27. The topological polar surface area (TPSA) is 67.8 Å². The summed E-state index contributed by atoms with van der Waals surface area (Å²) >= 11 is 0. The molecule has 26 heavy (non-hydrogen) atoms. The van der Waals surface area contributed by atoms with Crippen molar-refractivity contribution >= 4 is 11.7 Å². The summed E-state index contributed by atoms with van der Waals surface area (Å²) in [5.74, 6) is 2.29. The van der Waals surface area contributed by atoms with Crippen molar-refractivity contribution < 1.29 is 14.3 Å². The minimum absolute atomic E-state index is 0.146. The summed E-state index contributed by atoms with van der Waals surface area (Å²) in [6.07, 6.45) is 0.410. The summed E-state index contributed by atoms with van der Waals surface area (Å²) in [6, 6.07) is 11.4. The van der Waals surface area contributed by atoms with Crippen LogP contribution in [0.2, 0.25) is 0 Å². The highest BCUT2D eigenvalue weighted by molar-refractivity contribution is 5.79. The molecule has 3 rings (SSSR count). The van der Waals surface area contributed by atoms with Crippen LogP contribution in [-0.4, -0.2) is 60.9 Å². The minimum atomic E-state index is 0.146. The van der Waals surface area contributed by atoms with Crippen LogP contribution in [0, 0.1) is 0 Å². The maximum atomic E-state index is 12.5. The van der Waals surface area contributed by atoms with E-state index in [1.165, 1.54) is 0 Å². The third kappa shape index (κ3) is 4.41. The lowest BCUT2D eigenvalue weighted by Gasteiger charge is -2.35. The number of ether oxygens (including phenoxy) is 2. The van der Waals surface area contributed by atoms with Gasteiger partial charge in [-0.05, 0) is 30.7 Å². The van der Waals surface area contributed by atoms with Crippen molar-refractivity contribution in [2.75, 3.05) is 44.8 Å². The van der Waals surface area contributed by atoms with Crippen LogP contribution in [0.5, 0.6) is 11.6 Å². The number of amides is 1. The first-order valence-corrected chi connectivity index (χ1v) is 8.81. The Morgan fingerprint density at radius 3 is 2.35 bits per heavy atom. The Morgan fingerprint density at radius 1 is 1.04 bits per heavy atom. The van der Waals surface area contributed by atoms with Gasteiger partial charge in [-0.1, -0.05) is 12.1 Å². The van der Waals surface area contributed by atoms with Crippen molar-refractivity contribution in [3.8, 4) is 11.6 Å². The summed E-state index contributed by atoms with van der Waals surface area (Å²) < 4.78 is 10.5. The normalized spacial score (nSPS) is 14.2. The third-order valence-corrected chi connectivity index (χ3v) is 4.39. The molecule has 1 aliphatic heterocycles. The molecule has 1 amide bonds. The Morgan fingerprint density at radius 2 is 1.77 bits per heavy atom. The van der Waals surface area contributed by atoms with E-state index < -0.39 is 0 Å². The fraction of sp³-hybridized carbons (Fsp3) is 0.421. The fourth-order valence-electron chi connectivity index (χ4n) is 2.92. The van der Waals surface area contributed by atoms with E-state index in [0.29, 0.717) is 32.0 Å². The molecular formula is C19H24N4O3. The van der Waals surface area contributed by atoms with E-state index >= 15 is 0 Å². The second kappa shape index (κ2) is 8.51. The average Bonchev–Trinajstić information content (AvgIpc) is 2.69. The number of rotatable bonds is 6. The van der Waals surface area contributed by atoms with Crippen molar-refractivity contribution in [3.63, 3.8) is 0 Å². The van der Waals surface area contributed by atoms with Crippen molar-refractivity contribution in [2.45, 2.75) is 13.3 Å². The number of nitrogens with zero attached hydrogens (tertiary/aromatic N) is 4. The average molecular weight is 356 g/mol. The molecule has 138 valence electrons. The van der Waals surface area contributed by atoms with E-state index in [4.69, 9.17) is 9.47 Å². The molecule has 2 aromatic rings. The summed E-state index contributed by atoms with van der Waals surface area (Å²) in [7, 11) is 1.63. The van der Waals surface area contributed by atoms with Gasteiger partial charge in [0.25, 0.3) is 0 Å². The number of piperazine rings is 1. The number of carbonyl (C=O) groups is 1. The highest BCUT2D eigenvalue weighted by Crippen LogP contribution is 2.17. The van der Waals surface area contributed by atoms with Crippen molar-refractivity contribution in [2.24, 2.45) is 0 Å². The molecule has 2 heterocycles. The van der Waals surface area contributed by atoms with Crippen LogP contribution >= 0.6 is 0 Å². The molecular weight excluding hydrogens is 332 g/mol. The Kier molecular flexibility index (Phi) is 5.88. The number of carbonyl (C=O) groups excluding carboxylic acids is 1. The first-order chi connectivity index (χ1) is 12.7. The number of hydrogen-bond acceptors (Lipinski definition) is 6. The standard InChI is InChI=1S/C19H24N4O3/c1-3-26-18-9-8-17(20-21-18)22-10-12-23(13-11-22)19(24)14-15-4-6-16(25-2)7-5-15/h4-9H,3,10-14H2,1-2H3. The largest absolute Gasteiger partial charge is 0.497 e. The smallest absolute Gasteiger partial charge is 0.233 e. The molecule has 1 aromatic carbocycles. The van der Waals surface area contributed by atoms with Crippen LogP contribution in [0.1, 0.15) is 12.5 Å². The van der Waals surface area contributed by atoms with Gasteiger partial charge in [-0.2, -0.15) is 0 Å². The van der Waals surface area contributed by atoms with Gasteiger partial charge in [-0.25, -0.2) is 0 Å². The second-order valence-electron chi connectivity index (χ2n) is 6.06. The Labute approximate surface area is 153 Å². The second-order valence-corrected chi connectivity index (χ2v) is 6.06. The lowest BCUT2D eigenvalue weighted by atomic mass is 10.1. The van der Waals surface area contributed by atoms with Crippen LogP contribution in [0.15, 0.2) is 36.4 Å². The predicted molar refractivity (Wildman–Crippen MR) is 98.7 cm³/mol. The molecule has 7 heteroatoms. The SMILES string of the molecule is CCOc1ccc(N2CCN(C(=O)Cc3ccc(OC)cc3)CC2)nn1. The highest BCUT2D eigenvalue weighted by Gasteiger charge is 2.22. The van der Waals surface area contributed by atoms with Gasteiger partial charge in [-0.3, -0.25) is 4.79 Å². The van der Waals surface area contributed by atoms with Crippen molar-refractivity contribution in [1.29, 1.82) is 0 Å². The van der Waals surface area contributed by atoms with E-state index in [1.807, 2.05) is 48.2 Å². The summed E-state index contributed by atoms with van der Waals surface area (Å²) in [5.41, 5.74) is 0.996. The maximum absolute atomic E-state index is 12.5. The molecule has 0 spiro atoms. The zero-order chi connectivity index (χ0) is 18.4. The quantitative estimate of drug-likeness (QED) is 0.786. The molecule has 0 radical (unpaired) electrons. The van der Waals surface area contributed by atoms with Crippen molar-refractivity contribution in [1.82, 2.24) is 15.1 Å². The molecule has 1 fully saturated rings.